The van der Waals surface area contributed by atoms with E-state index in [1.54, 1.807) is 19.1 Å². The van der Waals surface area contributed by atoms with Gasteiger partial charge in [0, 0.05) is 98.6 Å². The molecule has 2 aromatic carbocycles. The number of ketones is 1. The van der Waals surface area contributed by atoms with Gasteiger partial charge in [-0.2, -0.15) is 0 Å². The largest absolute Gasteiger partial charge is 0.445 e. The van der Waals surface area contributed by atoms with Crippen LogP contribution in [-0.4, -0.2) is 142 Å². The monoisotopic (exact) mass is 828 g/mol. The Kier molecular flexibility index (Phi) is 21.3. The summed E-state index contributed by atoms with van der Waals surface area (Å²) in [6.45, 7) is 7.57. The first-order valence-electron chi connectivity index (χ1n) is 21.3. The Morgan fingerprint density at radius 2 is 0.948 bits per heavy atom. The van der Waals surface area contributed by atoms with Gasteiger partial charge in [-0.1, -0.05) is 79.9 Å². The van der Waals surface area contributed by atoms with Crippen molar-refractivity contribution in [3.8, 4) is 0 Å². The molecule has 4 saturated heterocycles. The molecule has 6 fully saturated rings. The molecular formula is C45H69ClN4O8. The van der Waals surface area contributed by atoms with E-state index in [1.165, 1.54) is 64.5 Å². The van der Waals surface area contributed by atoms with Gasteiger partial charge in [0.05, 0.1) is 18.3 Å². The molecule has 0 bridgehead atoms. The van der Waals surface area contributed by atoms with E-state index in [2.05, 4.69) is 9.80 Å². The Morgan fingerprint density at radius 1 is 0.534 bits per heavy atom. The third-order valence-electron chi connectivity index (χ3n) is 12.1. The number of hydrogen-bond acceptors (Lipinski definition) is 10. The molecule has 2 saturated carbocycles. The molecule has 0 spiro atoms. The lowest BCUT2D eigenvalue weighted by Crippen LogP contribution is -2.58. The summed E-state index contributed by atoms with van der Waals surface area (Å²) in [5, 5.41) is 0. The van der Waals surface area contributed by atoms with Crippen LogP contribution in [0.2, 0.25) is 0 Å². The molecule has 6 aliphatic rings. The van der Waals surface area contributed by atoms with E-state index in [0.717, 1.165) is 56.2 Å². The average Bonchev–Trinajstić information content (AvgIpc) is 3.20. The molecule has 0 N–H and O–H groups in total. The number of halogens is 1. The van der Waals surface area contributed by atoms with Crippen LogP contribution >= 0.6 is 12.4 Å². The molecule has 2 aliphatic carbocycles. The van der Waals surface area contributed by atoms with Crippen molar-refractivity contribution in [2.75, 3.05) is 73.7 Å². The molecule has 0 radical (unpaired) electrons. The lowest BCUT2D eigenvalue weighted by molar-refractivity contribution is -0.121. The van der Waals surface area contributed by atoms with Gasteiger partial charge < -0.3 is 33.5 Å². The van der Waals surface area contributed by atoms with Gasteiger partial charge in [0.1, 0.15) is 19.0 Å². The van der Waals surface area contributed by atoms with Gasteiger partial charge in [0.2, 0.25) is 0 Å². The summed E-state index contributed by atoms with van der Waals surface area (Å²) in [7, 11) is 5.38. The van der Waals surface area contributed by atoms with E-state index in [0.29, 0.717) is 56.9 Å². The van der Waals surface area contributed by atoms with Crippen LogP contribution in [0.3, 0.4) is 0 Å². The van der Waals surface area contributed by atoms with Crippen LogP contribution in [0.5, 0.6) is 0 Å². The Morgan fingerprint density at radius 3 is 1.33 bits per heavy atom. The van der Waals surface area contributed by atoms with E-state index < -0.39 is 0 Å². The van der Waals surface area contributed by atoms with Crippen LogP contribution in [0.1, 0.15) is 88.2 Å². The van der Waals surface area contributed by atoms with Gasteiger partial charge in [-0.3, -0.25) is 14.6 Å². The molecule has 4 aliphatic heterocycles. The Labute approximate surface area is 353 Å². The Bertz CT molecular complexity index is 1430. The maximum absolute atomic E-state index is 12.1. The van der Waals surface area contributed by atoms with Crippen LogP contribution in [0.4, 0.5) is 9.59 Å². The molecule has 12 nitrogen and oxygen atoms in total. The van der Waals surface area contributed by atoms with Crippen LogP contribution in [-0.2, 0) is 41.7 Å². The van der Waals surface area contributed by atoms with Crippen molar-refractivity contribution in [2.24, 2.45) is 0 Å². The molecule has 0 unspecified atom stereocenters. The zero-order valence-electron chi connectivity index (χ0n) is 35.2. The van der Waals surface area contributed by atoms with Gasteiger partial charge >= 0.3 is 12.2 Å². The van der Waals surface area contributed by atoms with Crippen LogP contribution in [0, 0.1) is 0 Å². The number of methoxy groups -OCH3 is 3. The number of Topliss-reactive ketones (excluding diaryl/α,β-unsaturated/α-hetero) is 1. The average molecular weight is 830 g/mol. The maximum atomic E-state index is 12.1. The zero-order valence-corrected chi connectivity index (χ0v) is 36.0. The highest BCUT2D eigenvalue weighted by molar-refractivity contribution is 5.85. The lowest BCUT2D eigenvalue weighted by Gasteiger charge is -2.46. The summed E-state index contributed by atoms with van der Waals surface area (Å²) in [5.41, 5.74) is 1.99. The minimum Gasteiger partial charge on any atom is -0.445 e. The number of nitrogens with zero attached hydrogens (tertiary/aromatic N) is 4. The predicted molar refractivity (Wildman–Crippen MR) is 227 cm³/mol. The molecule has 324 valence electrons. The van der Waals surface area contributed by atoms with Crippen molar-refractivity contribution in [1.29, 1.82) is 0 Å². The molecular weight excluding hydrogens is 760 g/mol. The maximum Gasteiger partial charge on any atom is 0.410 e. The number of carbonyl (C=O) groups excluding carboxylic acids is 3. The summed E-state index contributed by atoms with van der Waals surface area (Å²) >= 11 is 0. The van der Waals surface area contributed by atoms with E-state index in [4.69, 9.17) is 23.7 Å². The first kappa shape index (κ1) is 47.4. The lowest BCUT2D eigenvalue weighted by atomic mass is 9.92. The van der Waals surface area contributed by atoms with E-state index in [-0.39, 0.29) is 37.0 Å². The second-order valence-corrected chi connectivity index (χ2v) is 16.0. The fraction of sp³-hybridized carbons (Fsp3) is 0.667. The molecule has 8 rings (SSSR count). The van der Waals surface area contributed by atoms with Crippen molar-refractivity contribution in [3.05, 3.63) is 71.8 Å². The number of amides is 2. The molecule has 58 heavy (non-hydrogen) atoms. The van der Waals surface area contributed by atoms with Crippen molar-refractivity contribution in [2.45, 2.75) is 121 Å². The topological polar surface area (TPSA) is 110 Å². The first-order valence-corrected chi connectivity index (χ1v) is 21.3. The summed E-state index contributed by atoms with van der Waals surface area (Å²) in [6, 6.07) is 20.8. The number of rotatable bonds is 9. The number of ether oxygens (including phenoxy) is 5. The molecule has 0 aromatic heterocycles. The Hall–Kier alpha value is -3.26. The van der Waals surface area contributed by atoms with Gasteiger partial charge in [0.25, 0.3) is 0 Å². The molecule has 2 amide bonds. The quantitative estimate of drug-likeness (QED) is 0.254. The number of piperidine rings is 2. The first-order chi connectivity index (χ1) is 27.8. The van der Waals surface area contributed by atoms with Gasteiger partial charge in [-0.05, 0) is 56.1 Å². The molecule has 2 aromatic rings. The highest BCUT2D eigenvalue weighted by Crippen LogP contribution is 2.27. The predicted octanol–water partition coefficient (Wildman–Crippen LogP) is 7.36. The van der Waals surface area contributed by atoms with E-state index >= 15 is 0 Å². The van der Waals surface area contributed by atoms with Crippen molar-refractivity contribution >= 4 is 30.4 Å². The van der Waals surface area contributed by atoms with Gasteiger partial charge in [-0.25, -0.2) is 9.59 Å². The number of hydrogen-bond donors (Lipinski definition) is 0. The fourth-order valence-electron chi connectivity index (χ4n) is 7.86. The third-order valence-corrected chi connectivity index (χ3v) is 12.1. The number of benzene rings is 2. The van der Waals surface area contributed by atoms with Gasteiger partial charge in [-0.15, -0.1) is 12.4 Å². The highest BCUT2D eigenvalue weighted by Gasteiger charge is 2.35. The number of carbonyl (C=O) groups is 3. The second-order valence-electron chi connectivity index (χ2n) is 16.0. The normalized spacial score (nSPS) is 20.8. The molecule has 4 heterocycles. The second kappa shape index (κ2) is 26.1. The fourth-order valence-corrected chi connectivity index (χ4v) is 7.86. The zero-order chi connectivity index (χ0) is 40.2. The van der Waals surface area contributed by atoms with Crippen molar-refractivity contribution in [3.63, 3.8) is 0 Å². The Balaban J connectivity index is 0.000000183. The van der Waals surface area contributed by atoms with Gasteiger partial charge in [0.15, 0.2) is 0 Å². The smallest absolute Gasteiger partial charge is 0.410 e. The van der Waals surface area contributed by atoms with Crippen molar-refractivity contribution < 1.29 is 38.1 Å². The highest BCUT2D eigenvalue weighted by atomic mass is 35.5. The minimum atomic E-state index is -0.332. The van der Waals surface area contributed by atoms with Crippen LogP contribution in [0.15, 0.2) is 60.7 Å². The van der Waals surface area contributed by atoms with E-state index in [1.807, 2.05) is 72.7 Å². The summed E-state index contributed by atoms with van der Waals surface area (Å²) in [4.78, 5) is 43.3. The van der Waals surface area contributed by atoms with E-state index in [9.17, 15) is 14.4 Å². The SMILES string of the molecule is COC1CCC1.COC1CN(C2CCCCC2)C1.COC1CN(C2CCN(C(=O)OCc3ccccc3)CC2)C1.Cl.O=C1CCN(C(=O)OCc2ccccc2)CC1. The standard InChI is InChI=1S/C17H24N2O3.C13H15NO3.C10H19NO.C5H10O.ClH/c1-21-16-11-19(12-16)15-7-9-18(10-8-15)17(20)22-13-14-5-3-2-4-6-14;15-12-6-8-14(9-7-12)13(16)17-10-11-4-2-1-3-5-11;1-12-10-7-11(8-10)9-5-3-2-4-6-9;1-6-5-3-2-4-5;/h2-6,15-16H,7-13H2,1H3;1-5H,6-10H2;9-10H,2-8H2,1H3;5H,2-4H2,1H3;1H. The van der Waals surface area contributed by atoms with Crippen LogP contribution < -0.4 is 0 Å². The number of likely N-dealkylation sites (tertiary alicyclic amines) is 4. The van der Waals surface area contributed by atoms with Crippen LogP contribution in [0.25, 0.3) is 0 Å². The molecule has 0 atom stereocenters. The summed E-state index contributed by atoms with van der Waals surface area (Å²) in [5.74, 6) is 0.220. The third kappa shape index (κ3) is 15.7. The summed E-state index contributed by atoms with van der Waals surface area (Å²) < 4.78 is 26.1. The minimum absolute atomic E-state index is 0. The van der Waals surface area contributed by atoms with Crippen molar-refractivity contribution in [1.82, 2.24) is 19.6 Å². The molecule has 13 heteroatoms. The summed E-state index contributed by atoms with van der Waals surface area (Å²) in [6.07, 6.45) is 15.1.